The Morgan fingerprint density at radius 1 is 0.909 bits per heavy atom. The fraction of sp³-hybridized carbons (Fsp3) is 0.208. The number of nitrogens with one attached hydrogen (secondary N) is 2. The number of amides is 1. The predicted octanol–water partition coefficient (Wildman–Crippen LogP) is 6.32. The number of halogens is 2. The number of anilines is 2. The molecule has 0 aliphatic rings. The van der Waals surface area contributed by atoms with Crippen molar-refractivity contribution in [2.45, 2.75) is 37.7 Å². The summed E-state index contributed by atoms with van der Waals surface area (Å²) in [6.07, 6.45) is -0.750. The molecule has 0 saturated heterocycles. The Balaban J connectivity index is 1.67. The van der Waals surface area contributed by atoms with Crippen LogP contribution < -0.4 is 14.8 Å². The molecule has 33 heavy (non-hydrogen) atoms. The van der Waals surface area contributed by atoms with E-state index >= 15 is 0 Å². The number of hydrogen-bond acceptors (Lipinski definition) is 4. The Hall–Kier alpha value is -2.74. The van der Waals surface area contributed by atoms with Crippen LogP contribution >= 0.6 is 23.2 Å². The van der Waals surface area contributed by atoms with Gasteiger partial charge in [0.05, 0.1) is 20.6 Å². The van der Waals surface area contributed by atoms with Gasteiger partial charge in [0.15, 0.2) is 6.10 Å². The van der Waals surface area contributed by atoms with Crippen molar-refractivity contribution in [1.82, 2.24) is 0 Å². The predicted molar refractivity (Wildman–Crippen MR) is 133 cm³/mol. The number of carbonyl (C=O) groups excluding carboxylic acids is 1. The van der Waals surface area contributed by atoms with Crippen LogP contribution in [0.15, 0.2) is 71.6 Å². The normalized spacial score (nSPS) is 12.3. The Morgan fingerprint density at radius 3 is 2.24 bits per heavy atom. The van der Waals surface area contributed by atoms with Crippen LogP contribution in [-0.2, 0) is 14.8 Å². The minimum absolute atomic E-state index is 0.00620. The lowest BCUT2D eigenvalue weighted by molar-refractivity contribution is -0.122. The highest BCUT2D eigenvalue weighted by molar-refractivity contribution is 7.92. The summed E-state index contributed by atoms with van der Waals surface area (Å²) in [5, 5.41) is 3.09. The van der Waals surface area contributed by atoms with Gasteiger partial charge in [0, 0.05) is 5.69 Å². The molecule has 0 aromatic heterocycles. The van der Waals surface area contributed by atoms with Gasteiger partial charge < -0.3 is 10.1 Å². The third kappa shape index (κ3) is 6.19. The molecule has 0 radical (unpaired) electrons. The molecule has 0 heterocycles. The van der Waals surface area contributed by atoms with Gasteiger partial charge in [0.2, 0.25) is 0 Å². The largest absolute Gasteiger partial charge is 0.481 e. The number of para-hydroxylation sites is 1. The van der Waals surface area contributed by atoms with Gasteiger partial charge in [-0.2, -0.15) is 0 Å². The van der Waals surface area contributed by atoms with Crippen LogP contribution in [0, 0.1) is 0 Å². The van der Waals surface area contributed by atoms with Crippen LogP contribution in [0.4, 0.5) is 11.4 Å². The molecule has 3 aromatic rings. The van der Waals surface area contributed by atoms with Crippen molar-refractivity contribution in [1.29, 1.82) is 0 Å². The molecule has 0 aliphatic heterocycles. The van der Waals surface area contributed by atoms with Crippen molar-refractivity contribution < 1.29 is 17.9 Å². The van der Waals surface area contributed by atoms with Crippen molar-refractivity contribution in [3.8, 4) is 5.75 Å². The van der Waals surface area contributed by atoms with E-state index in [-0.39, 0.29) is 32.5 Å². The van der Waals surface area contributed by atoms with E-state index in [1.54, 1.807) is 19.1 Å². The molecule has 0 unspecified atom stereocenters. The van der Waals surface area contributed by atoms with Crippen LogP contribution in [0.3, 0.4) is 0 Å². The molecule has 9 heteroatoms. The number of carbonyl (C=O) groups is 1. The van der Waals surface area contributed by atoms with Gasteiger partial charge in [0.25, 0.3) is 15.9 Å². The van der Waals surface area contributed by atoms with E-state index in [9.17, 15) is 13.2 Å². The summed E-state index contributed by atoms with van der Waals surface area (Å²) >= 11 is 12.0. The fourth-order valence-corrected chi connectivity index (χ4v) is 4.53. The number of sulfonamides is 1. The first-order chi connectivity index (χ1) is 15.6. The monoisotopic (exact) mass is 506 g/mol. The quantitative estimate of drug-likeness (QED) is 0.374. The molecule has 174 valence electrons. The van der Waals surface area contributed by atoms with Crippen LogP contribution in [0.25, 0.3) is 0 Å². The lowest BCUT2D eigenvalue weighted by atomic mass is 10.0. The Kier molecular flexibility index (Phi) is 7.89. The van der Waals surface area contributed by atoms with E-state index in [4.69, 9.17) is 27.9 Å². The average Bonchev–Trinajstić information content (AvgIpc) is 2.77. The smallest absolute Gasteiger partial charge is 0.265 e. The average molecular weight is 507 g/mol. The van der Waals surface area contributed by atoms with Crippen LogP contribution in [-0.4, -0.2) is 20.4 Å². The Labute approximate surface area is 203 Å². The highest BCUT2D eigenvalue weighted by Gasteiger charge is 2.19. The summed E-state index contributed by atoms with van der Waals surface area (Å²) in [6, 6.07) is 18.0. The van der Waals surface area contributed by atoms with Crippen LogP contribution in [0.5, 0.6) is 5.75 Å². The van der Waals surface area contributed by atoms with Crippen molar-refractivity contribution in [3.05, 3.63) is 82.3 Å². The molecule has 3 rings (SSSR count). The Bertz CT molecular complexity index is 1250. The second-order valence-electron chi connectivity index (χ2n) is 7.67. The van der Waals surface area contributed by atoms with E-state index in [1.165, 1.54) is 30.3 Å². The maximum absolute atomic E-state index is 12.7. The van der Waals surface area contributed by atoms with Crippen molar-refractivity contribution >= 4 is 50.5 Å². The first kappa shape index (κ1) is 24.9. The van der Waals surface area contributed by atoms with Gasteiger partial charge in [-0.25, -0.2) is 8.42 Å². The van der Waals surface area contributed by atoms with Gasteiger partial charge in [-0.15, -0.1) is 0 Å². The second kappa shape index (κ2) is 10.5. The molecule has 3 aromatic carbocycles. The molecular formula is C24H24Cl2N2O4S. The van der Waals surface area contributed by atoms with Crippen LogP contribution in [0.1, 0.15) is 32.3 Å². The summed E-state index contributed by atoms with van der Waals surface area (Å²) in [7, 11) is -3.90. The molecule has 1 amide bonds. The first-order valence-electron chi connectivity index (χ1n) is 10.2. The zero-order chi connectivity index (χ0) is 24.2. The maximum Gasteiger partial charge on any atom is 0.265 e. The Morgan fingerprint density at radius 2 is 1.58 bits per heavy atom. The zero-order valence-corrected chi connectivity index (χ0v) is 20.6. The number of rotatable bonds is 8. The van der Waals surface area contributed by atoms with E-state index < -0.39 is 16.1 Å². The molecule has 0 fully saturated rings. The number of benzene rings is 3. The first-order valence-corrected chi connectivity index (χ1v) is 12.5. The summed E-state index contributed by atoms with van der Waals surface area (Å²) < 4.78 is 33.6. The second-order valence-corrected chi connectivity index (χ2v) is 10.1. The van der Waals surface area contributed by atoms with Crippen molar-refractivity contribution in [2.75, 3.05) is 10.0 Å². The highest BCUT2D eigenvalue weighted by Crippen LogP contribution is 2.31. The summed E-state index contributed by atoms with van der Waals surface area (Å²) in [5.74, 6) is 0.552. The van der Waals surface area contributed by atoms with Gasteiger partial charge >= 0.3 is 0 Å². The summed E-state index contributed by atoms with van der Waals surface area (Å²) in [5.41, 5.74) is 1.63. The fourth-order valence-electron chi connectivity index (χ4n) is 3.06. The van der Waals surface area contributed by atoms with Gasteiger partial charge in [-0.1, -0.05) is 61.3 Å². The van der Waals surface area contributed by atoms with Gasteiger partial charge in [-0.3, -0.25) is 9.52 Å². The molecule has 1 atom stereocenters. The van der Waals surface area contributed by atoms with Gasteiger partial charge in [0.1, 0.15) is 5.75 Å². The van der Waals surface area contributed by atoms with Crippen molar-refractivity contribution in [3.63, 3.8) is 0 Å². The van der Waals surface area contributed by atoms with E-state index in [0.29, 0.717) is 11.4 Å². The number of hydrogen-bond donors (Lipinski definition) is 2. The third-order valence-corrected chi connectivity index (χ3v) is 7.04. The molecule has 0 aliphatic carbocycles. The standard InChI is InChI=1S/C24H24Cl2N2O4S/c1-15(2)19-7-4-5-10-22(19)32-16(3)24(29)27-17-11-13-18(14-12-17)33(30,31)28-21-9-6-8-20(25)23(21)26/h4-16,28H,1-3H3,(H,27,29)/t16-/m1/s1. The minimum atomic E-state index is -3.90. The lowest BCUT2D eigenvalue weighted by Gasteiger charge is -2.18. The highest BCUT2D eigenvalue weighted by atomic mass is 35.5. The minimum Gasteiger partial charge on any atom is -0.481 e. The molecular weight excluding hydrogens is 483 g/mol. The summed E-state index contributed by atoms with van der Waals surface area (Å²) in [4.78, 5) is 12.6. The molecule has 2 N–H and O–H groups in total. The van der Waals surface area contributed by atoms with E-state index in [1.807, 2.05) is 24.3 Å². The summed E-state index contributed by atoms with van der Waals surface area (Å²) in [6.45, 7) is 5.76. The van der Waals surface area contributed by atoms with Crippen LogP contribution in [0.2, 0.25) is 10.0 Å². The maximum atomic E-state index is 12.7. The molecule has 6 nitrogen and oxygen atoms in total. The zero-order valence-electron chi connectivity index (χ0n) is 18.3. The van der Waals surface area contributed by atoms with Gasteiger partial charge in [-0.05, 0) is 60.9 Å². The number of ether oxygens (including phenoxy) is 1. The topological polar surface area (TPSA) is 84.5 Å². The molecule has 0 saturated carbocycles. The SMILES string of the molecule is CC(C)c1ccccc1O[C@H](C)C(=O)Nc1ccc(S(=O)(=O)Nc2cccc(Cl)c2Cl)cc1. The van der Waals surface area contributed by atoms with E-state index in [2.05, 4.69) is 23.9 Å². The molecule has 0 bridgehead atoms. The van der Waals surface area contributed by atoms with Crippen molar-refractivity contribution in [2.24, 2.45) is 0 Å². The van der Waals surface area contributed by atoms with E-state index in [0.717, 1.165) is 5.56 Å². The third-order valence-electron chi connectivity index (χ3n) is 4.84. The lowest BCUT2D eigenvalue weighted by Crippen LogP contribution is -2.30. The molecule has 0 spiro atoms.